The lowest BCUT2D eigenvalue weighted by molar-refractivity contribution is -0.121. The van der Waals surface area contributed by atoms with Crippen molar-refractivity contribution in [2.75, 3.05) is 6.54 Å². The number of alkyl halides is 3. The minimum Gasteiger partial charge on any atom is -0.477 e. The van der Waals surface area contributed by atoms with Crippen LogP contribution in [-0.2, 0) is 17.1 Å². The molecular weight excluding hydrogens is 277 g/mol. The second-order valence-electron chi connectivity index (χ2n) is 3.42. The second kappa shape index (κ2) is 4.61. The summed E-state index contributed by atoms with van der Waals surface area (Å²) in [6, 6.07) is 0.779. The molecule has 0 aliphatic carbocycles. The highest BCUT2D eigenvalue weighted by Gasteiger charge is 2.30. The van der Waals surface area contributed by atoms with Crippen molar-refractivity contribution in [3.63, 3.8) is 0 Å². The molecule has 0 fully saturated rings. The molecule has 0 unspecified atom stereocenters. The molecule has 0 saturated carbocycles. The van der Waals surface area contributed by atoms with Crippen LogP contribution in [0.1, 0.15) is 10.5 Å². The molecule has 0 radical (unpaired) electrons. The molecule has 0 spiro atoms. The highest BCUT2D eigenvalue weighted by molar-refractivity contribution is 7.89. The fraction of sp³-hybridized carbons (Fsp3) is 0.375. The fourth-order valence-electron chi connectivity index (χ4n) is 1.15. The summed E-state index contributed by atoms with van der Waals surface area (Å²) < 4.78 is 60.9. The Balaban J connectivity index is 2.99. The summed E-state index contributed by atoms with van der Waals surface area (Å²) in [6.07, 6.45) is -3.76. The summed E-state index contributed by atoms with van der Waals surface area (Å²) in [4.78, 5) is 10.1. The van der Waals surface area contributed by atoms with E-state index in [1.165, 1.54) is 11.8 Å². The summed E-state index contributed by atoms with van der Waals surface area (Å²) in [7, 11) is -3.11. The molecule has 0 saturated heterocycles. The van der Waals surface area contributed by atoms with Crippen LogP contribution in [-0.4, -0.2) is 36.8 Å². The molecule has 0 aliphatic rings. The number of hydrogen-bond donors (Lipinski definition) is 2. The van der Waals surface area contributed by atoms with Crippen molar-refractivity contribution in [1.82, 2.24) is 9.29 Å². The molecular formula is C8H9F3N2O4S. The third kappa shape index (κ3) is 3.47. The molecule has 10 heteroatoms. The van der Waals surface area contributed by atoms with Gasteiger partial charge in [-0.3, -0.25) is 0 Å². The minimum atomic E-state index is -4.68. The second-order valence-corrected chi connectivity index (χ2v) is 5.18. The number of carboxylic acid groups (broad SMARTS) is 1. The van der Waals surface area contributed by atoms with Gasteiger partial charge in [0.1, 0.15) is 17.1 Å². The maximum Gasteiger partial charge on any atom is 0.402 e. The van der Waals surface area contributed by atoms with E-state index in [0.29, 0.717) is 0 Å². The van der Waals surface area contributed by atoms with Crippen LogP contribution < -0.4 is 4.72 Å². The van der Waals surface area contributed by atoms with Crippen molar-refractivity contribution >= 4 is 16.0 Å². The molecule has 0 aliphatic heterocycles. The van der Waals surface area contributed by atoms with Gasteiger partial charge in [0.05, 0.1) is 0 Å². The standard InChI is InChI=1S/C8H9F3N2O4S/c1-13-3-5(2-6(13)7(14)15)18(16,17)12-4-8(9,10)11/h2-3,12H,4H2,1H3,(H,14,15). The predicted molar refractivity (Wildman–Crippen MR) is 53.6 cm³/mol. The van der Waals surface area contributed by atoms with E-state index in [1.54, 1.807) is 0 Å². The summed E-state index contributed by atoms with van der Waals surface area (Å²) in [5.74, 6) is -1.38. The molecule has 0 bridgehead atoms. The monoisotopic (exact) mass is 286 g/mol. The summed E-state index contributed by atoms with van der Waals surface area (Å²) >= 11 is 0. The first-order chi connectivity index (χ1) is 8.03. The number of aromatic nitrogens is 1. The van der Waals surface area contributed by atoms with E-state index in [1.807, 2.05) is 0 Å². The maximum atomic E-state index is 11.9. The molecule has 102 valence electrons. The van der Waals surface area contributed by atoms with Crippen LogP contribution in [0.2, 0.25) is 0 Å². The van der Waals surface area contributed by atoms with Crippen LogP contribution in [0.15, 0.2) is 17.2 Å². The molecule has 6 nitrogen and oxygen atoms in total. The van der Waals surface area contributed by atoms with E-state index in [9.17, 15) is 26.4 Å². The van der Waals surface area contributed by atoms with Gasteiger partial charge in [-0.05, 0) is 6.07 Å². The maximum absolute atomic E-state index is 11.9. The molecule has 1 rings (SSSR count). The summed E-state index contributed by atoms with van der Waals surface area (Å²) in [5.41, 5.74) is -0.345. The molecule has 1 aromatic rings. The van der Waals surface area contributed by atoms with Crippen LogP contribution in [0.4, 0.5) is 13.2 Å². The van der Waals surface area contributed by atoms with Crippen molar-refractivity contribution in [2.45, 2.75) is 11.1 Å². The highest BCUT2D eigenvalue weighted by atomic mass is 32.2. The highest BCUT2D eigenvalue weighted by Crippen LogP contribution is 2.17. The van der Waals surface area contributed by atoms with E-state index >= 15 is 0 Å². The van der Waals surface area contributed by atoms with Crippen molar-refractivity contribution in [1.29, 1.82) is 0 Å². The van der Waals surface area contributed by atoms with Crippen molar-refractivity contribution in [3.05, 3.63) is 18.0 Å². The minimum absolute atomic E-state index is 0.345. The van der Waals surface area contributed by atoms with Gasteiger partial charge in [0.25, 0.3) is 0 Å². The van der Waals surface area contributed by atoms with Gasteiger partial charge in [-0.15, -0.1) is 0 Å². The lowest BCUT2D eigenvalue weighted by Crippen LogP contribution is -2.33. The lowest BCUT2D eigenvalue weighted by Gasteiger charge is -2.07. The lowest BCUT2D eigenvalue weighted by atomic mass is 10.4. The number of carbonyl (C=O) groups is 1. The van der Waals surface area contributed by atoms with E-state index < -0.39 is 33.6 Å². The number of sulfonamides is 1. The molecule has 0 atom stereocenters. The molecule has 1 aromatic heterocycles. The average Bonchev–Trinajstić information content (AvgIpc) is 2.57. The molecule has 18 heavy (non-hydrogen) atoms. The van der Waals surface area contributed by atoms with E-state index in [2.05, 4.69) is 0 Å². The van der Waals surface area contributed by atoms with Gasteiger partial charge in [0, 0.05) is 13.2 Å². The van der Waals surface area contributed by atoms with Gasteiger partial charge in [-0.2, -0.15) is 13.2 Å². The Morgan fingerprint density at radius 2 is 2.06 bits per heavy atom. The number of aromatic carboxylic acids is 1. The van der Waals surface area contributed by atoms with Gasteiger partial charge in [0.15, 0.2) is 0 Å². The topological polar surface area (TPSA) is 88.4 Å². The van der Waals surface area contributed by atoms with E-state index in [-0.39, 0.29) is 5.69 Å². The first kappa shape index (κ1) is 14.5. The van der Waals surface area contributed by atoms with Crippen LogP contribution in [0.25, 0.3) is 0 Å². The van der Waals surface area contributed by atoms with Gasteiger partial charge >= 0.3 is 12.1 Å². The quantitative estimate of drug-likeness (QED) is 0.846. The largest absolute Gasteiger partial charge is 0.477 e. The van der Waals surface area contributed by atoms with Crippen molar-refractivity contribution in [2.24, 2.45) is 7.05 Å². The van der Waals surface area contributed by atoms with Crippen molar-refractivity contribution in [3.8, 4) is 0 Å². The number of nitrogens with one attached hydrogen (secondary N) is 1. The summed E-state index contributed by atoms with van der Waals surface area (Å²) in [6.45, 7) is -1.72. The van der Waals surface area contributed by atoms with Gasteiger partial charge in [-0.25, -0.2) is 17.9 Å². The van der Waals surface area contributed by atoms with Gasteiger partial charge in [-0.1, -0.05) is 0 Å². The first-order valence-electron chi connectivity index (χ1n) is 4.49. The fourth-order valence-corrected chi connectivity index (χ4v) is 2.24. The Morgan fingerprint density at radius 1 is 1.50 bits per heavy atom. The number of carboxylic acids is 1. The molecule has 0 amide bonds. The van der Waals surface area contributed by atoms with Gasteiger partial charge < -0.3 is 9.67 Å². The Bertz CT molecular complexity index is 561. The smallest absolute Gasteiger partial charge is 0.402 e. The first-order valence-corrected chi connectivity index (χ1v) is 5.97. The van der Waals surface area contributed by atoms with E-state index in [0.717, 1.165) is 16.8 Å². The zero-order chi connectivity index (χ0) is 14.1. The Labute approximate surface area is 100 Å². The third-order valence-electron chi connectivity index (χ3n) is 1.97. The van der Waals surface area contributed by atoms with Crippen molar-refractivity contribution < 1.29 is 31.5 Å². The average molecular weight is 286 g/mol. The normalized spacial score (nSPS) is 12.7. The van der Waals surface area contributed by atoms with Crippen LogP contribution in [0.3, 0.4) is 0 Å². The van der Waals surface area contributed by atoms with Crippen LogP contribution in [0, 0.1) is 0 Å². The predicted octanol–water partition coefficient (Wildman–Crippen LogP) is 0.564. The molecule has 2 N–H and O–H groups in total. The molecule has 1 heterocycles. The third-order valence-corrected chi connectivity index (χ3v) is 3.34. The Kier molecular flexibility index (Phi) is 3.72. The number of aryl methyl sites for hydroxylation is 1. The van der Waals surface area contributed by atoms with Crippen LogP contribution >= 0.6 is 0 Å². The number of rotatable bonds is 4. The number of hydrogen-bond acceptors (Lipinski definition) is 3. The zero-order valence-electron chi connectivity index (χ0n) is 9.02. The summed E-state index contributed by atoms with van der Waals surface area (Å²) in [5, 5.41) is 8.69. The van der Waals surface area contributed by atoms with Gasteiger partial charge in [0.2, 0.25) is 10.0 Å². The Morgan fingerprint density at radius 3 is 2.44 bits per heavy atom. The SMILES string of the molecule is Cn1cc(S(=O)(=O)NCC(F)(F)F)cc1C(=O)O. The Hall–Kier alpha value is -1.55. The number of nitrogens with zero attached hydrogens (tertiary/aromatic N) is 1. The van der Waals surface area contributed by atoms with Crippen LogP contribution in [0.5, 0.6) is 0 Å². The van der Waals surface area contributed by atoms with E-state index in [4.69, 9.17) is 5.11 Å². The zero-order valence-corrected chi connectivity index (χ0v) is 9.84. The number of halogens is 3. The molecule has 0 aromatic carbocycles.